The minimum Gasteiger partial charge on any atom is -0.473 e. The fraction of sp³-hybridized carbons (Fsp3) is 0.538. The first-order chi connectivity index (χ1) is 12.1. The fourth-order valence-corrected chi connectivity index (χ4v) is 3.10. The Balaban J connectivity index is 3.16. The lowest BCUT2D eigenvalue weighted by Crippen LogP contribution is -2.53. The van der Waals surface area contributed by atoms with Gasteiger partial charge < -0.3 is 10.5 Å². The molecule has 1 amide bonds. The average Bonchev–Trinajstić information content (AvgIpc) is 2.50. The molecule has 0 saturated carbocycles. The molecule has 1 unspecified atom stereocenters. The number of hydrogen-bond acceptors (Lipinski definition) is 5. The van der Waals surface area contributed by atoms with Gasteiger partial charge in [-0.1, -0.05) is 0 Å². The van der Waals surface area contributed by atoms with Crippen LogP contribution in [0.25, 0.3) is 0 Å². The number of sulfonamides is 1. The molecule has 1 rings (SSSR count). The maximum absolute atomic E-state index is 12.7. The second-order valence-corrected chi connectivity index (χ2v) is 7.30. The number of rotatable bonds is 7. The molecule has 7 nitrogen and oxygen atoms in total. The van der Waals surface area contributed by atoms with E-state index in [0.29, 0.717) is 0 Å². The number of halogens is 6. The molecule has 0 spiro atoms. The normalized spacial score (nSPS) is 15.4. The van der Waals surface area contributed by atoms with Gasteiger partial charge in [0, 0.05) is 17.8 Å². The van der Waals surface area contributed by atoms with Crippen LogP contribution in [-0.2, 0) is 10.0 Å². The summed E-state index contributed by atoms with van der Waals surface area (Å²) in [4.78, 5) is 14.7. The van der Waals surface area contributed by atoms with Crippen molar-refractivity contribution in [3.63, 3.8) is 0 Å². The highest BCUT2D eigenvalue weighted by molar-refractivity contribution is 7.90. The number of amides is 1. The van der Waals surface area contributed by atoms with Gasteiger partial charge in [0.05, 0.1) is 6.04 Å². The molecule has 2 N–H and O–H groups in total. The zero-order valence-corrected chi connectivity index (χ0v) is 14.7. The van der Waals surface area contributed by atoms with Crippen LogP contribution in [-0.4, -0.2) is 54.0 Å². The monoisotopic (exact) mass is 423 g/mol. The molecule has 0 aromatic carbocycles. The third-order valence-corrected chi connectivity index (χ3v) is 5.06. The Hall–Kier alpha value is -2.09. The molecule has 0 saturated heterocycles. The topological polar surface area (TPSA) is 103 Å². The molecule has 14 heteroatoms. The lowest BCUT2D eigenvalue weighted by atomic mass is 10.2. The van der Waals surface area contributed by atoms with Crippen molar-refractivity contribution in [2.45, 2.75) is 37.7 Å². The van der Waals surface area contributed by atoms with E-state index in [4.69, 9.17) is 10.5 Å². The first kappa shape index (κ1) is 23.0. The van der Waals surface area contributed by atoms with Crippen LogP contribution in [0.1, 0.15) is 24.2 Å². The van der Waals surface area contributed by atoms with Gasteiger partial charge >= 0.3 is 21.7 Å². The lowest BCUT2D eigenvalue weighted by Gasteiger charge is -2.32. The van der Waals surface area contributed by atoms with Crippen molar-refractivity contribution >= 4 is 15.9 Å². The van der Waals surface area contributed by atoms with E-state index in [9.17, 15) is 39.6 Å². The Bertz CT molecular complexity index is 781. The number of carbonyl (C=O) groups excluding carboxylic acids is 1. The first-order valence-electron chi connectivity index (χ1n) is 7.13. The highest BCUT2D eigenvalue weighted by atomic mass is 32.2. The van der Waals surface area contributed by atoms with Crippen LogP contribution in [0.3, 0.4) is 0 Å². The van der Waals surface area contributed by atoms with Crippen LogP contribution in [0.4, 0.5) is 26.3 Å². The third kappa shape index (κ3) is 5.95. The highest BCUT2D eigenvalue weighted by Gasteiger charge is 2.54. The van der Waals surface area contributed by atoms with Gasteiger partial charge in [-0.15, -0.1) is 0 Å². The van der Waals surface area contributed by atoms with Crippen LogP contribution < -0.4 is 10.5 Å². The average molecular weight is 423 g/mol. The minimum atomic E-state index is -6.29. The Kier molecular flexibility index (Phi) is 6.70. The van der Waals surface area contributed by atoms with Gasteiger partial charge in [-0.25, -0.2) is 13.4 Å². The zero-order chi connectivity index (χ0) is 21.2. The summed E-state index contributed by atoms with van der Waals surface area (Å²) in [6.45, 7) is -0.491. The second-order valence-electron chi connectivity index (χ2n) is 5.42. The fourth-order valence-electron chi connectivity index (χ4n) is 1.91. The number of pyridine rings is 1. The molecule has 1 aromatic rings. The van der Waals surface area contributed by atoms with Crippen molar-refractivity contribution in [3.05, 3.63) is 23.9 Å². The summed E-state index contributed by atoms with van der Waals surface area (Å²) in [6.07, 6.45) is -5.64. The number of hydrogen-bond donors (Lipinski definition) is 1. The molecule has 0 radical (unpaired) electrons. The lowest BCUT2D eigenvalue weighted by molar-refractivity contribution is -0.143. The largest absolute Gasteiger partial charge is 0.511 e. The SMILES string of the molecule is CC(Oc1cc(C(N)=O)ccn1)[C@H](C)N(CC(F)(F)F)S(=O)(=O)C(F)(F)F. The van der Waals surface area contributed by atoms with Crippen LogP contribution >= 0.6 is 0 Å². The summed E-state index contributed by atoms with van der Waals surface area (Å²) >= 11 is 0. The molecule has 2 atom stereocenters. The summed E-state index contributed by atoms with van der Waals surface area (Å²) in [5, 5.41) is 0. The van der Waals surface area contributed by atoms with Gasteiger partial charge in [0.1, 0.15) is 12.6 Å². The number of carbonyl (C=O) groups is 1. The third-order valence-electron chi connectivity index (χ3n) is 3.40. The number of primary amides is 1. The van der Waals surface area contributed by atoms with Crippen molar-refractivity contribution in [1.82, 2.24) is 9.29 Å². The molecule has 0 bridgehead atoms. The van der Waals surface area contributed by atoms with E-state index in [2.05, 4.69) is 4.98 Å². The highest BCUT2D eigenvalue weighted by Crippen LogP contribution is 2.32. The molecule has 27 heavy (non-hydrogen) atoms. The predicted molar refractivity (Wildman–Crippen MR) is 80.0 cm³/mol. The van der Waals surface area contributed by atoms with Gasteiger partial charge in [0.2, 0.25) is 11.8 Å². The van der Waals surface area contributed by atoms with E-state index in [0.717, 1.165) is 26.1 Å². The minimum absolute atomic E-state index is 0.0742. The Morgan fingerprint density at radius 2 is 1.81 bits per heavy atom. The Morgan fingerprint density at radius 3 is 2.26 bits per heavy atom. The summed E-state index contributed by atoms with van der Waals surface area (Å²) in [5.41, 5.74) is -0.972. The zero-order valence-electron chi connectivity index (χ0n) is 13.9. The van der Waals surface area contributed by atoms with Crippen LogP contribution in [0.2, 0.25) is 0 Å². The number of alkyl halides is 6. The van der Waals surface area contributed by atoms with Crippen molar-refractivity contribution < 1.29 is 44.3 Å². The van der Waals surface area contributed by atoms with Crippen molar-refractivity contribution in [3.8, 4) is 5.88 Å². The summed E-state index contributed by atoms with van der Waals surface area (Å²) < 4.78 is 104. The summed E-state index contributed by atoms with van der Waals surface area (Å²) in [7, 11) is -6.29. The molecule has 0 fully saturated rings. The summed E-state index contributed by atoms with van der Waals surface area (Å²) in [5.74, 6) is -1.21. The smallest absolute Gasteiger partial charge is 0.473 e. The molecule has 0 aliphatic heterocycles. The Labute approximate surface area is 150 Å². The number of nitrogens with zero attached hydrogens (tertiary/aromatic N) is 2. The first-order valence-corrected chi connectivity index (χ1v) is 8.57. The van der Waals surface area contributed by atoms with Crippen molar-refractivity contribution in [1.29, 1.82) is 0 Å². The quantitative estimate of drug-likeness (QED) is 0.677. The van der Waals surface area contributed by atoms with Gasteiger partial charge in [-0.3, -0.25) is 4.79 Å². The van der Waals surface area contributed by atoms with Gasteiger partial charge in [-0.05, 0) is 19.9 Å². The summed E-state index contributed by atoms with van der Waals surface area (Å²) in [6, 6.07) is 0.336. The van der Waals surface area contributed by atoms with Gasteiger partial charge in [0.25, 0.3) is 0 Å². The standard InChI is InChI=1S/C13H15F6N3O4S/c1-7(8(2)26-10-5-9(11(20)23)3-4-21-10)22(6-12(14,15)16)27(24,25)13(17,18)19/h3-5,7-8H,6H2,1-2H3,(H2,20,23)/t7-,8?/m0/s1. The second kappa shape index (κ2) is 7.88. The molecule has 1 aromatic heterocycles. The van der Waals surface area contributed by atoms with E-state index < -0.39 is 50.6 Å². The molecular weight excluding hydrogens is 408 g/mol. The van der Waals surface area contributed by atoms with E-state index in [1.165, 1.54) is 6.07 Å². The van der Waals surface area contributed by atoms with Crippen molar-refractivity contribution in [2.75, 3.05) is 6.54 Å². The molecule has 0 aliphatic rings. The number of aromatic nitrogens is 1. The van der Waals surface area contributed by atoms with Crippen LogP contribution in [0, 0.1) is 0 Å². The van der Waals surface area contributed by atoms with E-state index in [1.807, 2.05) is 0 Å². The van der Waals surface area contributed by atoms with Crippen LogP contribution in [0.15, 0.2) is 18.3 Å². The van der Waals surface area contributed by atoms with Gasteiger partial charge in [0.15, 0.2) is 0 Å². The Morgan fingerprint density at radius 1 is 1.26 bits per heavy atom. The van der Waals surface area contributed by atoms with Crippen LogP contribution in [0.5, 0.6) is 5.88 Å². The molecule has 0 aliphatic carbocycles. The van der Waals surface area contributed by atoms with Gasteiger partial charge in [-0.2, -0.15) is 30.6 Å². The number of ether oxygens (including phenoxy) is 1. The van der Waals surface area contributed by atoms with E-state index in [1.54, 1.807) is 0 Å². The maximum Gasteiger partial charge on any atom is 0.511 e. The molecular formula is C13H15F6N3O4S. The van der Waals surface area contributed by atoms with E-state index >= 15 is 0 Å². The maximum atomic E-state index is 12.7. The molecule has 1 heterocycles. The van der Waals surface area contributed by atoms with Crippen molar-refractivity contribution in [2.24, 2.45) is 5.73 Å². The van der Waals surface area contributed by atoms with E-state index in [-0.39, 0.29) is 11.4 Å². The molecule has 154 valence electrons. The number of nitrogens with two attached hydrogens (primary N) is 1. The predicted octanol–water partition coefficient (Wildman–Crippen LogP) is 2.05.